The molecular formula is C50H68. The molecule has 6 aromatic rings. The third-order valence-electron chi connectivity index (χ3n) is 6.79. The number of aryl methyl sites for hydroxylation is 1. The fourth-order valence-electron chi connectivity index (χ4n) is 4.87. The predicted octanol–water partition coefficient (Wildman–Crippen LogP) is 16.8. The summed E-state index contributed by atoms with van der Waals surface area (Å²) < 4.78 is 0. The molecule has 0 spiro atoms. The molecule has 0 unspecified atom stereocenters. The van der Waals surface area contributed by atoms with Crippen molar-refractivity contribution < 1.29 is 0 Å². The first-order valence-electron chi connectivity index (χ1n) is 19.1. The summed E-state index contributed by atoms with van der Waals surface area (Å²) in [5.74, 6) is 0. The first-order chi connectivity index (χ1) is 24.7. The van der Waals surface area contributed by atoms with Gasteiger partial charge in [-0.2, -0.15) is 0 Å². The van der Waals surface area contributed by atoms with Gasteiger partial charge in [0.1, 0.15) is 0 Å². The summed E-state index contributed by atoms with van der Waals surface area (Å²) in [6, 6.07) is 55.4. The van der Waals surface area contributed by atoms with Gasteiger partial charge >= 0.3 is 0 Å². The van der Waals surface area contributed by atoms with E-state index in [1.807, 2.05) is 83.1 Å². The Bertz CT molecular complexity index is 1470. The van der Waals surface area contributed by atoms with E-state index < -0.39 is 0 Å². The molecule has 268 valence electrons. The van der Waals surface area contributed by atoms with E-state index in [0.29, 0.717) is 0 Å². The largest absolute Gasteiger partial charge is 0.0683 e. The average Bonchev–Trinajstić information content (AvgIpc) is 3.24. The Morgan fingerprint density at radius 3 is 0.780 bits per heavy atom. The first kappa shape index (κ1) is 47.4. The minimum atomic E-state index is 1.27. The monoisotopic (exact) mass is 669 g/mol. The van der Waals surface area contributed by atoms with Gasteiger partial charge in [0.25, 0.3) is 0 Å². The zero-order chi connectivity index (χ0) is 38.2. The highest BCUT2D eigenvalue weighted by Crippen LogP contribution is 2.31. The molecule has 0 atom stereocenters. The van der Waals surface area contributed by atoms with Gasteiger partial charge in [0.2, 0.25) is 0 Å². The summed E-state index contributed by atoms with van der Waals surface area (Å²) in [6.07, 6.45) is 0. The highest BCUT2D eigenvalue weighted by atomic mass is 14.1. The van der Waals surface area contributed by atoms with Crippen LogP contribution in [0.25, 0.3) is 44.5 Å². The van der Waals surface area contributed by atoms with Crippen molar-refractivity contribution in [3.05, 3.63) is 169 Å². The molecule has 0 aliphatic rings. The van der Waals surface area contributed by atoms with Gasteiger partial charge in [-0.1, -0.05) is 235 Å². The van der Waals surface area contributed by atoms with E-state index >= 15 is 0 Å². The van der Waals surface area contributed by atoms with Crippen LogP contribution >= 0.6 is 0 Å². The standard InChI is InChI=1S/2C19H16.6C2H6/c1-15-18(16-9-4-2-5-10-16)13-8-14-19(15)17-11-6-3-7-12-17;1-15-12-18(16-8-4-2-5-9-16)14-19(13-15)17-10-6-3-7-11-17;6*1-2/h2*2-14H,1H3;6*1-2H3. The molecule has 0 aromatic heterocycles. The van der Waals surface area contributed by atoms with Gasteiger partial charge in [0, 0.05) is 0 Å². The third kappa shape index (κ3) is 16.1. The maximum atomic E-state index is 2.26. The van der Waals surface area contributed by atoms with Crippen molar-refractivity contribution in [3.63, 3.8) is 0 Å². The van der Waals surface area contributed by atoms with E-state index in [1.165, 1.54) is 55.6 Å². The van der Waals surface area contributed by atoms with Crippen LogP contribution in [0.4, 0.5) is 0 Å². The summed E-state index contributed by atoms with van der Waals surface area (Å²) >= 11 is 0. The van der Waals surface area contributed by atoms with E-state index in [-0.39, 0.29) is 0 Å². The quantitative estimate of drug-likeness (QED) is 0.175. The van der Waals surface area contributed by atoms with Gasteiger partial charge in [-0.3, -0.25) is 0 Å². The Labute approximate surface area is 309 Å². The van der Waals surface area contributed by atoms with Crippen molar-refractivity contribution in [2.75, 3.05) is 0 Å². The number of benzene rings is 6. The lowest BCUT2D eigenvalue weighted by Gasteiger charge is -2.11. The van der Waals surface area contributed by atoms with Crippen molar-refractivity contribution in [2.45, 2.75) is 96.9 Å². The molecule has 0 heterocycles. The molecular weight excluding hydrogens is 601 g/mol. The van der Waals surface area contributed by atoms with Crippen molar-refractivity contribution in [1.29, 1.82) is 0 Å². The SMILES string of the molecule is CC.CC.CC.CC.CC.CC.Cc1c(-c2ccccc2)cccc1-c1ccccc1.Cc1cc(-c2ccccc2)cc(-c2ccccc2)c1. The van der Waals surface area contributed by atoms with Gasteiger partial charge in [0.05, 0.1) is 0 Å². The lowest BCUT2D eigenvalue weighted by atomic mass is 9.93. The fourth-order valence-corrected chi connectivity index (χ4v) is 4.87. The molecule has 0 saturated heterocycles. The second-order valence-electron chi connectivity index (χ2n) is 9.53. The summed E-state index contributed by atoms with van der Waals surface area (Å²) in [5.41, 5.74) is 12.9. The second kappa shape index (κ2) is 31.6. The van der Waals surface area contributed by atoms with Crippen LogP contribution in [0.2, 0.25) is 0 Å². The minimum absolute atomic E-state index is 1.27. The Morgan fingerprint density at radius 1 is 0.240 bits per heavy atom. The molecule has 50 heavy (non-hydrogen) atoms. The van der Waals surface area contributed by atoms with Crippen molar-refractivity contribution in [3.8, 4) is 44.5 Å². The maximum absolute atomic E-state index is 2.26. The van der Waals surface area contributed by atoms with Crippen LogP contribution in [0.5, 0.6) is 0 Å². The summed E-state index contributed by atoms with van der Waals surface area (Å²) in [7, 11) is 0. The minimum Gasteiger partial charge on any atom is -0.0683 e. The number of rotatable bonds is 4. The van der Waals surface area contributed by atoms with Crippen LogP contribution < -0.4 is 0 Å². The lowest BCUT2D eigenvalue weighted by Crippen LogP contribution is -1.87. The van der Waals surface area contributed by atoms with E-state index in [1.54, 1.807) is 0 Å². The van der Waals surface area contributed by atoms with Crippen LogP contribution in [0.1, 0.15) is 94.2 Å². The zero-order valence-corrected chi connectivity index (χ0v) is 34.0. The number of hydrogen-bond acceptors (Lipinski definition) is 0. The molecule has 6 aromatic carbocycles. The number of hydrogen-bond donors (Lipinski definition) is 0. The predicted molar refractivity (Wildman–Crippen MR) is 232 cm³/mol. The molecule has 0 aliphatic carbocycles. The molecule has 0 amide bonds. The van der Waals surface area contributed by atoms with E-state index in [4.69, 9.17) is 0 Å². The summed E-state index contributed by atoms with van der Waals surface area (Å²) in [5, 5.41) is 0. The molecule has 0 heteroatoms. The summed E-state index contributed by atoms with van der Waals surface area (Å²) in [6.45, 7) is 28.4. The normalized spacial score (nSPS) is 8.60. The lowest BCUT2D eigenvalue weighted by molar-refractivity contribution is 1.45. The molecule has 6 rings (SSSR count). The van der Waals surface area contributed by atoms with Crippen LogP contribution in [0.15, 0.2) is 158 Å². The molecule has 0 nitrogen and oxygen atoms in total. The van der Waals surface area contributed by atoms with Gasteiger partial charge in [-0.25, -0.2) is 0 Å². The maximum Gasteiger partial charge on any atom is -0.0149 e. The Hall–Kier alpha value is -4.68. The molecule has 0 fully saturated rings. The van der Waals surface area contributed by atoms with E-state index in [9.17, 15) is 0 Å². The Kier molecular flexibility index (Phi) is 30.0. The van der Waals surface area contributed by atoms with Gasteiger partial charge in [0.15, 0.2) is 0 Å². The van der Waals surface area contributed by atoms with Gasteiger partial charge in [-0.15, -0.1) is 0 Å². The third-order valence-corrected chi connectivity index (χ3v) is 6.79. The average molecular weight is 669 g/mol. The zero-order valence-electron chi connectivity index (χ0n) is 34.0. The highest BCUT2D eigenvalue weighted by molar-refractivity contribution is 5.78. The molecule has 0 radical (unpaired) electrons. The van der Waals surface area contributed by atoms with Crippen LogP contribution in [0.3, 0.4) is 0 Å². The van der Waals surface area contributed by atoms with Crippen LogP contribution in [0, 0.1) is 13.8 Å². The van der Waals surface area contributed by atoms with Gasteiger partial charge in [-0.05, 0) is 75.5 Å². The summed E-state index contributed by atoms with van der Waals surface area (Å²) in [4.78, 5) is 0. The van der Waals surface area contributed by atoms with Crippen molar-refractivity contribution in [2.24, 2.45) is 0 Å². The topological polar surface area (TPSA) is 0 Å². The smallest absolute Gasteiger partial charge is 0.0149 e. The van der Waals surface area contributed by atoms with Gasteiger partial charge < -0.3 is 0 Å². The molecule has 0 bridgehead atoms. The van der Waals surface area contributed by atoms with Crippen LogP contribution in [-0.4, -0.2) is 0 Å². The first-order valence-corrected chi connectivity index (χ1v) is 19.1. The van der Waals surface area contributed by atoms with E-state index in [2.05, 4.69) is 172 Å². The van der Waals surface area contributed by atoms with Crippen molar-refractivity contribution in [1.82, 2.24) is 0 Å². The fraction of sp³-hybridized carbons (Fsp3) is 0.280. The molecule has 0 aliphatic heterocycles. The highest BCUT2D eigenvalue weighted by Gasteiger charge is 2.07. The Balaban J connectivity index is 0. The second-order valence-corrected chi connectivity index (χ2v) is 9.53. The Morgan fingerprint density at radius 2 is 0.500 bits per heavy atom. The van der Waals surface area contributed by atoms with Crippen LogP contribution in [-0.2, 0) is 0 Å². The molecule has 0 saturated carbocycles. The van der Waals surface area contributed by atoms with Crippen molar-refractivity contribution >= 4 is 0 Å². The van der Waals surface area contributed by atoms with E-state index in [0.717, 1.165) is 0 Å². The molecule has 0 N–H and O–H groups in total.